The van der Waals surface area contributed by atoms with Gasteiger partial charge in [0.1, 0.15) is 10.8 Å². The fraction of sp³-hybridized carbons (Fsp3) is 0.400. The molecule has 100 valence electrons. The Morgan fingerprint density at radius 3 is 2.63 bits per heavy atom. The van der Waals surface area contributed by atoms with Crippen molar-refractivity contribution in [1.29, 1.82) is 0 Å². The number of aliphatic hydroxyl groups excluding tert-OH is 1. The number of hydrogen-bond donors (Lipinski definition) is 2. The summed E-state index contributed by atoms with van der Waals surface area (Å²) in [5.41, 5.74) is 2.12. The van der Waals surface area contributed by atoms with Crippen molar-refractivity contribution in [2.45, 2.75) is 32.8 Å². The molecular formula is C15H17NO2S. The summed E-state index contributed by atoms with van der Waals surface area (Å²) in [5.74, 6) is 0.256. The average Bonchev–Trinajstić information content (AvgIpc) is 2.72. The number of aromatic nitrogens is 1. The molecule has 1 aliphatic carbocycles. The van der Waals surface area contributed by atoms with Gasteiger partial charge in [-0.15, -0.1) is 11.3 Å². The maximum absolute atomic E-state index is 10.2. The van der Waals surface area contributed by atoms with Crippen LogP contribution in [0.2, 0.25) is 0 Å². The van der Waals surface area contributed by atoms with E-state index in [1.807, 2.05) is 12.1 Å². The molecule has 1 aliphatic rings. The van der Waals surface area contributed by atoms with Gasteiger partial charge in [0.25, 0.3) is 0 Å². The first-order chi connectivity index (χ1) is 8.94. The number of aliphatic hydroxyl groups is 1. The number of rotatable bonds is 1. The highest BCUT2D eigenvalue weighted by Gasteiger charge is 2.34. The second-order valence-electron chi connectivity index (χ2n) is 5.94. The van der Waals surface area contributed by atoms with Gasteiger partial charge in [0.15, 0.2) is 0 Å². The Labute approximate surface area is 116 Å². The first kappa shape index (κ1) is 12.6. The van der Waals surface area contributed by atoms with Crippen LogP contribution in [0.25, 0.3) is 10.6 Å². The first-order valence-electron chi connectivity index (χ1n) is 6.42. The molecule has 1 atom stereocenters. The summed E-state index contributed by atoms with van der Waals surface area (Å²) in [6, 6.07) is 7.04. The maximum atomic E-state index is 10.2. The number of benzene rings is 1. The van der Waals surface area contributed by atoms with Gasteiger partial charge in [0.05, 0.1) is 16.7 Å². The number of aromatic hydroxyl groups is 1. The lowest BCUT2D eigenvalue weighted by Gasteiger charge is -2.31. The number of fused-ring (bicyclic) bond motifs is 1. The van der Waals surface area contributed by atoms with Crippen LogP contribution >= 0.6 is 11.3 Å². The minimum absolute atomic E-state index is 0.104. The third-order valence-corrected chi connectivity index (χ3v) is 4.78. The van der Waals surface area contributed by atoms with Crippen molar-refractivity contribution < 1.29 is 10.2 Å². The van der Waals surface area contributed by atoms with Crippen LogP contribution in [-0.4, -0.2) is 15.2 Å². The molecule has 2 N–H and O–H groups in total. The summed E-state index contributed by atoms with van der Waals surface area (Å²) in [7, 11) is 0. The van der Waals surface area contributed by atoms with Gasteiger partial charge in [-0.3, -0.25) is 0 Å². The molecule has 1 unspecified atom stereocenters. The molecule has 4 heteroatoms. The van der Waals surface area contributed by atoms with Crippen LogP contribution in [-0.2, 0) is 6.42 Å². The van der Waals surface area contributed by atoms with Crippen molar-refractivity contribution in [2.24, 2.45) is 5.41 Å². The monoisotopic (exact) mass is 275 g/mol. The Kier molecular flexibility index (Phi) is 2.87. The fourth-order valence-corrected chi connectivity index (χ4v) is 3.69. The van der Waals surface area contributed by atoms with Gasteiger partial charge in [-0.05, 0) is 42.5 Å². The van der Waals surface area contributed by atoms with E-state index in [-0.39, 0.29) is 11.2 Å². The second-order valence-corrected chi connectivity index (χ2v) is 6.97. The third kappa shape index (κ3) is 2.38. The molecule has 19 heavy (non-hydrogen) atoms. The Morgan fingerprint density at radius 2 is 1.95 bits per heavy atom. The molecule has 1 aromatic heterocycles. The summed E-state index contributed by atoms with van der Waals surface area (Å²) >= 11 is 1.56. The van der Waals surface area contributed by atoms with E-state index in [1.54, 1.807) is 23.5 Å². The Morgan fingerprint density at radius 1 is 1.26 bits per heavy atom. The molecule has 3 nitrogen and oxygen atoms in total. The first-order valence-corrected chi connectivity index (χ1v) is 7.23. The average molecular weight is 275 g/mol. The molecule has 2 aromatic rings. The summed E-state index contributed by atoms with van der Waals surface area (Å²) in [6.45, 7) is 4.33. The molecule has 1 heterocycles. The van der Waals surface area contributed by atoms with Crippen LogP contribution in [0.4, 0.5) is 0 Å². The fourth-order valence-electron chi connectivity index (χ4n) is 2.62. The molecule has 3 rings (SSSR count). The zero-order chi connectivity index (χ0) is 13.6. The van der Waals surface area contributed by atoms with Gasteiger partial charge in [-0.2, -0.15) is 0 Å². The zero-order valence-corrected chi connectivity index (χ0v) is 11.9. The summed E-state index contributed by atoms with van der Waals surface area (Å²) in [6.07, 6.45) is 1.30. The molecule has 0 spiro atoms. The van der Waals surface area contributed by atoms with E-state index in [4.69, 9.17) is 0 Å². The van der Waals surface area contributed by atoms with Gasteiger partial charge in [0, 0.05) is 5.56 Å². The van der Waals surface area contributed by atoms with Gasteiger partial charge in [-0.1, -0.05) is 13.8 Å². The Bertz CT molecular complexity index is 601. The molecule has 0 amide bonds. The van der Waals surface area contributed by atoms with Crippen LogP contribution in [0, 0.1) is 5.41 Å². The van der Waals surface area contributed by atoms with Crippen molar-refractivity contribution in [3.8, 4) is 16.3 Å². The van der Waals surface area contributed by atoms with Crippen molar-refractivity contribution in [3.05, 3.63) is 34.8 Å². The lowest BCUT2D eigenvalue weighted by Crippen LogP contribution is -2.24. The number of phenols is 1. The minimum Gasteiger partial charge on any atom is -0.508 e. The molecule has 0 saturated carbocycles. The Hall–Kier alpha value is -1.39. The molecule has 0 bridgehead atoms. The topological polar surface area (TPSA) is 53.4 Å². The van der Waals surface area contributed by atoms with Crippen molar-refractivity contribution >= 4 is 11.3 Å². The van der Waals surface area contributed by atoms with E-state index in [0.717, 1.165) is 34.0 Å². The molecule has 0 saturated heterocycles. The number of thiazole rings is 1. The highest BCUT2D eigenvalue weighted by molar-refractivity contribution is 7.15. The predicted octanol–water partition coefficient (Wildman–Crippen LogP) is 3.52. The highest BCUT2D eigenvalue weighted by Crippen LogP contribution is 2.44. The van der Waals surface area contributed by atoms with Gasteiger partial charge in [-0.25, -0.2) is 4.98 Å². The second kappa shape index (κ2) is 4.32. The van der Waals surface area contributed by atoms with Crippen LogP contribution in [0.3, 0.4) is 0 Å². The normalized spacial score (nSPS) is 21.1. The smallest absolute Gasteiger partial charge is 0.123 e. The Balaban J connectivity index is 2.01. The molecule has 1 aromatic carbocycles. The predicted molar refractivity (Wildman–Crippen MR) is 76.3 cm³/mol. The largest absolute Gasteiger partial charge is 0.508 e. The highest BCUT2D eigenvalue weighted by atomic mass is 32.1. The van der Waals surface area contributed by atoms with Crippen molar-refractivity contribution in [3.63, 3.8) is 0 Å². The zero-order valence-electron chi connectivity index (χ0n) is 11.1. The molecule has 0 aliphatic heterocycles. The van der Waals surface area contributed by atoms with E-state index in [1.165, 1.54) is 0 Å². The summed E-state index contributed by atoms with van der Waals surface area (Å²) in [5, 5.41) is 20.5. The number of nitrogens with zero attached hydrogens (tertiary/aromatic N) is 1. The van der Waals surface area contributed by atoms with Crippen molar-refractivity contribution in [1.82, 2.24) is 4.98 Å². The van der Waals surface area contributed by atoms with E-state index >= 15 is 0 Å². The number of hydrogen-bond acceptors (Lipinski definition) is 4. The SMILES string of the molecule is CC1(C)Cc2nc(-c3ccc(O)cc3)sc2C(O)C1. The standard InChI is InChI=1S/C15H17NO2S/c1-15(2)7-11-13(12(18)8-15)19-14(16-11)9-3-5-10(17)6-4-9/h3-6,12,17-18H,7-8H2,1-2H3. The van der Waals surface area contributed by atoms with Crippen LogP contribution in [0.5, 0.6) is 5.75 Å². The molecular weight excluding hydrogens is 258 g/mol. The molecule has 0 radical (unpaired) electrons. The summed E-state index contributed by atoms with van der Waals surface area (Å²) in [4.78, 5) is 5.68. The van der Waals surface area contributed by atoms with E-state index in [9.17, 15) is 10.2 Å². The number of phenolic OH excluding ortho intramolecular Hbond substituents is 1. The lowest BCUT2D eigenvalue weighted by molar-refractivity contribution is 0.102. The van der Waals surface area contributed by atoms with Crippen molar-refractivity contribution in [2.75, 3.05) is 0 Å². The van der Waals surface area contributed by atoms with Gasteiger partial charge >= 0.3 is 0 Å². The van der Waals surface area contributed by atoms with Gasteiger partial charge in [0.2, 0.25) is 0 Å². The summed E-state index contributed by atoms with van der Waals surface area (Å²) < 4.78 is 0. The third-order valence-electron chi connectivity index (χ3n) is 3.54. The minimum atomic E-state index is -0.401. The van der Waals surface area contributed by atoms with E-state index in [0.29, 0.717) is 0 Å². The van der Waals surface area contributed by atoms with E-state index < -0.39 is 6.10 Å². The maximum Gasteiger partial charge on any atom is 0.123 e. The van der Waals surface area contributed by atoms with Crippen LogP contribution < -0.4 is 0 Å². The van der Waals surface area contributed by atoms with Gasteiger partial charge < -0.3 is 10.2 Å². The molecule has 0 fully saturated rings. The van der Waals surface area contributed by atoms with Crippen LogP contribution in [0.1, 0.15) is 36.9 Å². The van der Waals surface area contributed by atoms with E-state index in [2.05, 4.69) is 18.8 Å². The van der Waals surface area contributed by atoms with Crippen LogP contribution in [0.15, 0.2) is 24.3 Å². The quantitative estimate of drug-likeness (QED) is 0.837. The lowest BCUT2D eigenvalue weighted by atomic mass is 9.77.